The van der Waals surface area contributed by atoms with Crippen molar-refractivity contribution in [3.8, 4) is 0 Å². The van der Waals surface area contributed by atoms with Gasteiger partial charge < -0.3 is 5.32 Å². The minimum Gasteiger partial charge on any atom is -0.307 e. The molecule has 0 radical (unpaired) electrons. The second kappa shape index (κ2) is 10.1. The monoisotopic (exact) mass is 524 g/mol. The van der Waals surface area contributed by atoms with Crippen molar-refractivity contribution < 1.29 is 16.8 Å². The van der Waals surface area contributed by atoms with Gasteiger partial charge in [0.25, 0.3) is 0 Å². The molecule has 0 amide bonds. The van der Waals surface area contributed by atoms with Crippen molar-refractivity contribution in [2.24, 2.45) is 0 Å². The van der Waals surface area contributed by atoms with Crippen LogP contribution in [0, 0.1) is 0 Å². The Morgan fingerprint density at radius 3 is 2.17 bits per heavy atom. The first kappa shape index (κ1) is 25.1. The highest BCUT2D eigenvalue weighted by molar-refractivity contribution is 7.94. The Morgan fingerprint density at radius 2 is 1.53 bits per heavy atom. The van der Waals surface area contributed by atoms with Crippen molar-refractivity contribution in [2.75, 3.05) is 0 Å². The second-order valence-electron chi connectivity index (χ2n) is 9.95. The van der Waals surface area contributed by atoms with Crippen LogP contribution in [-0.2, 0) is 19.7 Å². The van der Waals surface area contributed by atoms with Crippen LogP contribution in [0.2, 0.25) is 0 Å². The van der Waals surface area contributed by atoms with E-state index in [2.05, 4.69) is 17.2 Å². The van der Waals surface area contributed by atoms with E-state index in [0.29, 0.717) is 6.04 Å². The SMILES string of the molecule is C[C@H](NC1CCCCC1)c1ccc(S(=O)(=O)c2ccc(C3CC3)cc2S(=O)(=O)c2ccccn2)cc1. The molecular weight excluding hydrogens is 492 g/mol. The zero-order chi connectivity index (χ0) is 25.3. The van der Waals surface area contributed by atoms with E-state index in [1.165, 1.54) is 56.5 Å². The molecule has 8 heteroatoms. The Morgan fingerprint density at radius 1 is 0.806 bits per heavy atom. The third-order valence-electron chi connectivity index (χ3n) is 7.29. The highest BCUT2D eigenvalue weighted by atomic mass is 32.2. The second-order valence-corrected chi connectivity index (χ2v) is 13.7. The van der Waals surface area contributed by atoms with Crippen molar-refractivity contribution >= 4 is 19.7 Å². The van der Waals surface area contributed by atoms with E-state index in [-0.39, 0.29) is 31.7 Å². The summed E-state index contributed by atoms with van der Waals surface area (Å²) in [4.78, 5) is 3.66. The maximum absolute atomic E-state index is 13.7. The summed E-state index contributed by atoms with van der Waals surface area (Å²) in [7, 11) is -8.21. The lowest BCUT2D eigenvalue weighted by atomic mass is 9.94. The van der Waals surface area contributed by atoms with E-state index in [4.69, 9.17) is 0 Å². The molecule has 0 unspecified atom stereocenters. The van der Waals surface area contributed by atoms with Crippen LogP contribution in [0.15, 0.2) is 86.6 Å². The summed E-state index contributed by atoms with van der Waals surface area (Å²) >= 11 is 0. The average molecular weight is 525 g/mol. The van der Waals surface area contributed by atoms with Crippen LogP contribution < -0.4 is 5.32 Å². The van der Waals surface area contributed by atoms with Gasteiger partial charge in [-0.05, 0) is 86.1 Å². The molecular formula is C28H32N2O4S2. The van der Waals surface area contributed by atoms with Crippen LogP contribution >= 0.6 is 0 Å². The molecule has 0 bridgehead atoms. The first-order valence-corrected chi connectivity index (χ1v) is 15.6. The van der Waals surface area contributed by atoms with Crippen LogP contribution in [0.1, 0.15) is 75.0 Å². The Kier molecular flexibility index (Phi) is 7.03. The highest BCUT2D eigenvalue weighted by Crippen LogP contribution is 2.42. The molecule has 0 spiro atoms. The van der Waals surface area contributed by atoms with Crippen molar-refractivity contribution in [2.45, 2.75) is 89.6 Å². The first-order valence-electron chi connectivity index (χ1n) is 12.7. The number of nitrogens with zero attached hydrogens (tertiary/aromatic N) is 1. The molecule has 1 atom stereocenters. The van der Waals surface area contributed by atoms with Gasteiger partial charge in [-0.15, -0.1) is 0 Å². The summed E-state index contributed by atoms with van der Waals surface area (Å²) < 4.78 is 54.5. The van der Waals surface area contributed by atoms with E-state index in [1.54, 1.807) is 30.3 Å². The van der Waals surface area contributed by atoms with Crippen LogP contribution in [0.3, 0.4) is 0 Å². The number of pyridine rings is 1. The fourth-order valence-electron chi connectivity index (χ4n) is 5.03. The molecule has 1 N–H and O–H groups in total. The maximum Gasteiger partial charge on any atom is 0.225 e. The minimum absolute atomic E-state index is 0.0766. The lowest BCUT2D eigenvalue weighted by Gasteiger charge is -2.27. The number of hydrogen-bond donors (Lipinski definition) is 1. The van der Waals surface area contributed by atoms with E-state index >= 15 is 0 Å². The van der Waals surface area contributed by atoms with Crippen molar-refractivity contribution in [3.05, 3.63) is 78.0 Å². The Labute approximate surface area is 214 Å². The summed E-state index contributed by atoms with van der Waals surface area (Å²) in [5.74, 6) is 0.275. The van der Waals surface area contributed by atoms with Crippen molar-refractivity contribution in [3.63, 3.8) is 0 Å². The Hall–Kier alpha value is -2.55. The Bertz CT molecular complexity index is 1430. The zero-order valence-electron chi connectivity index (χ0n) is 20.4. The fraction of sp³-hybridized carbons (Fsp3) is 0.393. The van der Waals surface area contributed by atoms with E-state index in [1.807, 2.05) is 12.1 Å². The van der Waals surface area contributed by atoms with Gasteiger partial charge in [-0.3, -0.25) is 0 Å². The predicted molar refractivity (Wildman–Crippen MR) is 138 cm³/mol. The summed E-state index contributed by atoms with van der Waals surface area (Å²) in [5, 5.41) is 3.50. The summed E-state index contributed by atoms with van der Waals surface area (Å²) in [5.41, 5.74) is 1.85. The zero-order valence-corrected chi connectivity index (χ0v) is 22.1. The smallest absolute Gasteiger partial charge is 0.225 e. The van der Waals surface area contributed by atoms with Gasteiger partial charge in [0.2, 0.25) is 19.7 Å². The molecule has 2 aliphatic carbocycles. The number of hydrogen-bond acceptors (Lipinski definition) is 6. The van der Waals surface area contributed by atoms with Gasteiger partial charge in [0.1, 0.15) is 0 Å². The van der Waals surface area contributed by atoms with Gasteiger partial charge in [-0.25, -0.2) is 21.8 Å². The molecule has 2 aromatic carbocycles. The molecule has 1 aromatic heterocycles. The van der Waals surface area contributed by atoms with E-state index < -0.39 is 19.7 Å². The molecule has 0 aliphatic heterocycles. The predicted octanol–water partition coefficient (Wildman–Crippen LogP) is 5.61. The number of benzene rings is 2. The van der Waals surface area contributed by atoms with E-state index in [9.17, 15) is 16.8 Å². The number of aromatic nitrogens is 1. The average Bonchev–Trinajstić information content (AvgIpc) is 3.75. The lowest BCUT2D eigenvalue weighted by Crippen LogP contribution is -2.33. The largest absolute Gasteiger partial charge is 0.307 e. The third kappa shape index (κ3) is 5.12. The molecule has 2 saturated carbocycles. The van der Waals surface area contributed by atoms with Gasteiger partial charge in [-0.2, -0.15) is 0 Å². The highest BCUT2D eigenvalue weighted by Gasteiger charge is 2.33. The molecule has 2 aliphatic rings. The van der Waals surface area contributed by atoms with Crippen LogP contribution in [0.5, 0.6) is 0 Å². The molecule has 3 aromatic rings. The van der Waals surface area contributed by atoms with Crippen LogP contribution in [0.4, 0.5) is 0 Å². The number of rotatable bonds is 8. The molecule has 190 valence electrons. The van der Waals surface area contributed by atoms with Crippen LogP contribution in [-0.4, -0.2) is 27.9 Å². The van der Waals surface area contributed by atoms with Gasteiger partial charge in [0.15, 0.2) is 5.03 Å². The van der Waals surface area contributed by atoms with Crippen LogP contribution in [0.25, 0.3) is 0 Å². The molecule has 36 heavy (non-hydrogen) atoms. The molecule has 0 saturated heterocycles. The first-order chi connectivity index (χ1) is 17.3. The van der Waals surface area contributed by atoms with E-state index in [0.717, 1.165) is 24.0 Å². The summed E-state index contributed by atoms with van der Waals surface area (Å²) in [6.45, 7) is 2.09. The van der Waals surface area contributed by atoms with Crippen molar-refractivity contribution in [1.29, 1.82) is 0 Å². The molecule has 1 heterocycles. The number of nitrogens with one attached hydrogen (secondary N) is 1. The molecule has 6 nitrogen and oxygen atoms in total. The Balaban J connectivity index is 1.48. The molecule has 5 rings (SSSR count). The minimum atomic E-state index is -4.13. The van der Waals surface area contributed by atoms with Gasteiger partial charge in [0, 0.05) is 18.3 Å². The molecule has 2 fully saturated rings. The normalized spacial score (nSPS) is 18.1. The summed E-state index contributed by atoms with van der Waals surface area (Å²) in [6.07, 6.45) is 9.46. The lowest BCUT2D eigenvalue weighted by molar-refractivity contribution is 0.347. The number of sulfone groups is 2. The van der Waals surface area contributed by atoms with Gasteiger partial charge in [0.05, 0.1) is 14.7 Å². The standard InChI is InChI=1S/C28H32N2O4S2/c1-20(30-24-7-3-2-4-8-24)21-12-15-25(16-13-21)35(31,32)26-17-14-23(22-10-11-22)19-27(26)36(33,34)28-9-5-6-18-29-28/h5-6,9,12-20,22,24,30H,2-4,7-8,10-11H2,1H3/t20-/m0/s1. The topological polar surface area (TPSA) is 93.2 Å². The van der Waals surface area contributed by atoms with Crippen molar-refractivity contribution in [1.82, 2.24) is 10.3 Å². The van der Waals surface area contributed by atoms with Gasteiger partial charge in [-0.1, -0.05) is 43.5 Å². The third-order valence-corrected chi connectivity index (χ3v) is 11.0. The quantitative estimate of drug-likeness (QED) is 0.412. The maximum atomic E-state index is 13.7. The fourth-order valence-corrected chi connectivity index (χ4v) is 8.31. The summed E-state index contributed by atoms with van der Waals surface area (Å²) in [6, 6.07) is 16.7. The van der Waals surface area contributed by atoms with Gasteiger partial charge >= 0.3 is 0 Å².